The molecule has 1 heterocycles. The van der Waals surface area contributed by atoms with Gasteiger partial charge in [0.1, 0.15) is 23.9 Å². The highest BCUT2D eigenvalue weighted by atomic mass is 32.2. The molecule has 0 aliphatic carbocycles. The molecule has 1 aromatic heterocycles. The Morgan fingerprint density at radius 3 is 1.83 bits per heavy atom. The first-order valence-corrected chi connectivity index (χ1v) is 21.8. The number of nitrogens with two attached hydrogens (primary N) is 3. The van der Waals surface area contributed by atoms with Gasteiger partial charge in [0.2, 0.25) is 53.2 Å². The quantitative estimate of drug-likeness (QED) is 0.0534. The summed E-state index contributed by atoms with van der Waals surface area (Å²) in [5, 5.41) is 25.0. The number of carbonyl (C=O) groups excluding carboxylic acids is 9. The summed E-state index contributed by atoms with van der Waals surface area (Å²) in [5.74, 6) is -7.33. The first-order chi connectivity index (χ1) is 30.6. The molecule has 356 valence electrons. The van der Waals surface area contributed by atoms with Crippen molar-refractivity contribution in [2.75, 3.05) is 18.1 Å². The van der Waals surface area contributed by atoms with Crippen molar-refractivity contribution >= 4 is 77.1 Å². The van der Waals surface area contributed by atoms with Crippen molar-refractivity contribution < 1.29 is 48.3 Å². The van der Waals surface area contributed by atoms with Gasteiger partial charge in [-0.15, -0.1) is 11.8 Å². The molecule has 21 heteroatoms. The van der Waals surface area contributed by atoms with Gasteiger partial charge in [-0.1, -0.05) is 63.3 Å². The monoisotopic (exact) mass is 924 g/mol. The normalized spacial score (nSPS) is 12.9. The second kappa shape index (κ2) is 29.5. The van der Waals surface area contributed by atoms with E-state index in [1.807, 2.05) is 0 Å². The van der Waals surface area contributed by atoms with Crippen LogP contribution in [0.25, 0.3) is 12.2 Å². The number of amides is 9. The van der Waals surface area contributed by atoms with Gasteiger partial charge in [-0.25, -0.2) is 0 Å². The lowest BCUT2D eigenvalue weighted by atomic mass is 9.99. The summed E-state index contributed by atoms with van der Waals surface area (Å²) < 4.78 is 0. The lowest BCUT2D eigenvalue weighted by Gasteiger charge is -2.26. The van der Waals surface area contributed by atoms with Crippen molar-refractivity contribution in [2.24, 2.45) is 17.2 Å². The Labute approximate surface area is 383 Å². The molecule has 0 fully saturated rings. The standard InChI is InChI=1S/C41H56N10O10S.C3H8/c1-6-8-28-25(18-45-29(28)7-2)14-26(15-37(57)46-19-36(44)56)48-39(59)32(17-35(43)55)51-40(60)30(13-24-9-11-27(53)12-10-24)50-41(61)31(16-34(42)54)49-38(58)21-62-20-33(22(3)4)47-23(5)52;1-3-2/h6-12,18,26,30-33,45,53H,2-3,13-17,19-21H2,1,4-5H3,(H2,42,54)(H2,43,55)(H2,44,56)(H,46,57)(H,47,52)(H,48,59)(H,49,58)(H,50,61)(H,51,60);3H2,1-2H3/b8-6-;/t26?,30?,31?,32?,33-;/m0./s1. The fourth-order valence-corrected chi connectivity index (χ4v) is 6.91. The predicted octanol–water partition coefficient (Wildman–Crippen LogP) is 0.0935. The highest BCUT2D eigenvalue weighted by Crippen LogP contribution is 2.20. The molecule has 0 radical (unpaired) electrons. The smallest absolute Gasteiger partial charge is 0.243 e. The van der Waals surface area contributed by atoms with Gasteiger partial charge in [-0.05, 0) is 49.6 Å². The average Bonchev–Trinajstić information content (AvgIpc) is 3.59. The molecule has 0 spiro atoms. The zero-order valence-corrected chi connectivity index (χ0v) is 38.4. The number of phenolic OH excluding ortho intramolecular Hbond substituents is 1. The van der Waals surface area contributed by atoms with E-state index in [-0.39, 0.29) is 42.4 Å². The lowest BCUT2D eigenvalue weighted by molar-refractivity contribution is -0.135. The minimum absolute atomic E-state index is 0.0474. The fraction of sp³-hybridized carbons (Fsp3) is 0.432. The van der Waals surface area contributed by atoms with Crippen molar-refractivity contribution in [3.05, 3.63) is 77.7 Å². The maximum absolute atomic E-state index is 14.1. The number of rotatable bonds is 27. The Morgan fingerprint density at radius 2 is 1.31 bits per heavy atom. The number of nitrogens with one attached hydrogen (secondary N) is 7. The van der Waals surface area contributed by atoms with Gasteiger partial charge < -0.3 is 59.2 Å². The van der Waals surface area contributed by atoms with Crippen molar-refractivity contribution in [2.45, 2.75) is 103 Å². The van der Waals surface area contributed by atoms with Crippen LogP contribution in [0.1, 0.15) is 82.7 Å². The number of aromatic nitrogens is 1. The first-order valence-electron chi connectivity index (χ1n) is 20.7. The zero-order valence-electron chi connectivity index (χ0n) is 37.5. The minimum Gasteiger partial charge on any atom is -0.508 e. The topological polar surface area (TPSA) is 340 Å². The van der Waals surface area contributed by atoms with Gasteiger partial charge >= 0.3 is 0 Å². The third kappa shape index (κ3) is 22.3. The third-order valence-corrected chi connectivity index (χ3v) is 9.91. The number of aromatic amines is 1. The molecule has 2 rings (SSSR count). The molecular weight excluding hydrogens is 861 g/mol. The van der Waals surface area contributed by atoms with Gasteiger partial charge in [0, 0.05) is 49.0 Å². The van der Waals surface area contributed by atoms with Crippen LogP contribution >= 0.6 is 11.8 Å². The maximum Gasteiger partial charge on any atom is 0.243 e. The van der Waals surface area contributed by atoms with Gasteiger partial charge in [-0.3, -0.25) is 43.2 Å². The molecule has 20 nitrogen and oxygen atoms in total. The van der Waals surface area contributed by atoms with E-state index in [9.17, 15) is 48.3 Å². The highest BCUT2D eigenvalue weighted by Gasteiger charge is 2.33. The Kier molecular flexibility index (Phi) is 25.4. The predicted molar refractivity (Wildman–Crippen MR) is 249 cm³/mol. The summed E-state index contributed by atoms with van der Waals surface area (Å²) in [6, 6.07) is -0.575. The number of hydrogen-bond acceptors (Lipinski definition) is 11. The summed E-state index contributed by atoms with van der Waals surface area (Å²) >= 11 is 1.12. The van der Waals surface area contributed by atoms with Gasteiger partial charge in [0.25, 0.3) is 0 Å². The number of allylic oxidation sites excluding steroid dienone is 1. The molecule has 65 heavy (non-hydrogen) atoms. The molecule has 9 amide bonds. The Hall–Kier alpha value is -6.90. The number of benzene rings is 1. The summed E-state index contributed by atoms with van der Waals surface area (Å²) in [6.45, 7) is 16.2. The SMILES string of the molecule is C=Cc1[nH]cc(CC(CC(=O)NCC(N)=O)NC(=O)C(CC(N)=O)NC(=O)C(Cc2ccc(O)cc2)NC(=O)C(CC(N)=O)NC(=O)CSC[C@H](NC(C)=O)C(=C)C)c1/C=C\C.CCC. The summed E-state index contributed by atoms with van der Waals surface area (Å²) in [5.41, 5.74) is 19.2. The lowest BCUT2D eigenvalue weighted by Crippen LogP contribution is -2.59. The molecule has 14 N–H and O–H groups in total. The number of hydrogen-bond donors (Lipinski definition) is 11. The molecule has 0 aliphatic rings. The molecule has 0 saturated heterocycles. The van der Waals surface area contributed by atoms with E-state index in [1.165, 1.54) is 37.6 Å². The highest BCUT2D eigenvalue weighted by molar-refractivity contribution is 8.00. The van der Waals surface area contributed by atoms with Crippen LogP contribution in [-0.4, -0.2) is 112 Å². The van der Waals surface area contributed by atoms with Crippen LogP contribution < -0.4 is 49.1 Å². The average molecular weight is 925 g/mol. The summed E-state index contributed by atoms with van der Waals surface area (Å²) in [4.78, 5) is 118. The van der Waals surface area contributed by atoms with Crippen molar-refractivity contribution in [1.82, 2.24) is 36.9 Å². The first kappa shape index (κ1) is 56.1. The van der Waals surface area contributed by atoms with E-state index < -0.39 is 96.9 Å². The van der Waals surface area contributed by atoms with E-state index in [0.717, 1.165) is 17.3 Å². The van der Waals surface area contributed by atoms with Gasteiger partial charge in [-0.2, -0.15) is 0 Å². The largest absolute Gasteiger partial charge is 0.508 e. The molecule has 4 unspecified atom stereocenters. The molecule has 0 aliphatic heterocycles. The Balaban J connectivity index is 0.00000684. The van der Waals surface area contributed by atoms with Crippen LogP contribution in [0, 0.1) is 0 Å². The van der Waals surface area contributed by atoms with Gasteiger partial charge in [0.15, 0.2) is 0 Å². The van der Waals surface area contributed by atoms with Crippen LogP contribution in [0.3, 0.4) is 0 Å². The summed E-state index contributed by atoms with van der Waals surface area (Å²) in [7, 11) is 0. The number of aromatic hydroxyl groups is 1. The zero-order chi connectivity index (χ0) is 49.2. The van der Waals surface area contributed by atoms with Crippen molar-refractivity contribution in [3.63, 3.8) is 0 Å². The fourth-order valence-electron chi connectivity index (χ4n) is 5.92. The second-order valence-corrected chi connectivity index (χ2v) is 16.0. The Morgan fingerprint density at radius 1 is 0.754 bits per heavy atom. The van der Waals surface area contributed by atoms with E-state index in [4.69, 9.17) is 17.2 Å². The van der Waals surface area contributed by atoms with Crippen LogP contribution in [-0.2, 0) is 56.0 Å². The van der Waals surface area contributed by atoms with Crippen LogP contribution in [0.4, 0.5) is 0 Å². The molecule has 5 atom stereocenters. The Bertz CT molecular complexity index is 2040. The minimum atomic E-state index is -1.65. The molecule has 0 bridgehead atoms. The number of phenols is 1. The van der Waals surface area contributed by atoms with E-state index in [1.54, 1.807) is 38.3 Å². The van der Waals surface area contributed by atoms with Crippen LogP contribution in [0.5, 0.6) is 5.75 Å². The molecule has 2 aromatic rings. The van der Waals surface area contributed by atoms with Gasteiger partial charge in [0.05, 0.1) is 31.2 Å². The second-order valence-electron chi connectivity index (χ2n) is 15.0. The molecule has 1 aromatic carbocycles. The third-order valence-electron chi connectivity index (χ3n) is 8.87. The van der Waals surface area contributed by atoms with E-state index in [0.29, 0.717) is 22.4 Å². The number of H-pyrrole nitrogens is 1. The van der Waals surface area contributed by atoms with Crippen molar-refractivity contribution in [3.8, 4) is 5.75 Å². The number of thioether (sulfide) groups is 1. The molecular formula is C44H64N10O10S. The van der Waals surface area contributed by atoms with Crippen LogP contribution in [0.15, 0.2) is 55.3 Å². The van der Waals surface area contributed by atoms with E-state index in [2.05, 4.69) is 63.9 Å². The number of primary amides is 3. The van der Waals surface area contributed by atoms with E-state index >= 15 is 0 Å². The summed E-state index contributed by atoms with van der Waals surface area (Å²) in [6.07, 6.45) is 6.10. The maximum atomic E-state index is 14.1. The molecule has 0 saturated carbocycles. The number of carbonyl (C=O) groups is 9. The van der Waals surface area contributed by atoms with Crippen molar-refractivity contribution in [1.29, 1.82) is 0 Å². The van der Waals surface area contributed by atoms with Crippen LogP contribution in [0.2, 0.25) is 0 Å².